The molecule has 2 aliphatic heterocycles. The molecule has 0 radical (unpaired) electrons. The number of hydrogen-bond donors (Lipinski definition) is 3. The van der Waals surface area contributed by atoms with E-state index in [0.717, 1.165) is 24.0 Å². The van der Waals surface area contributed by atoms with Crippen molar-refractivity contribution in [1.82, 2.24) is 24.8 Å². The van der Waals surface area contributed by atoms with Crippen molar-refractivity contribution in [3.05, 3.63) is 42.2 Å². The predicted molar refractivity (Wildman–Crippen MR) is 206 cm³/mol. The molecule has 8 atom stereocenters. The van der Waals surface area contributed by atoms with Gasteiger partial charge in [0.15, 0.2) is 5.60 Å². The van der Waals surface area contributed by atoms with Gasteiger partial charge < -0.3 is 19.9 Å². The smallest absolute Gasteiger partial charge is 0.408 e. The third-order valence-corrected chi connectivity index (χ3v) is 14.7. The van der Waals surface area contributed by atoms with Crippen LogP contribution in [0.5, 0.6) is 11.8 Å². The fourth-order valence-corrected chi connectivity index (χ4v) is 9.93. The van der Waals surface area contributed by atoms with Crippen molar-refractivity contribution >= 4 is 44.6 Å². The quantitative estimate of drug-likeness (QED) is 0.152. The fourth-order valence-electron chi connectivity index (χ4n) is 8.51. The van der Waals surface area contributed by atoms with Gasteiger partial charge in [0.2, 0.25) is 27.7 Å². The zero-order valence-corrected chi connectivity index (χ0v) is 34.6. The van der Waals surface area contributed by atoms with Gasteiger partial charge in [0.1, 0.15) is 34.9 Å². The maximum atomic E-state index is 17.6. The minimum atomic E-state index is -4.57. The highest BCUT2D eigenvalue weighted by molar-refractivity contribution is 7.91. The average molecular weight is 854 g/mol. The summed E-state index contributed by atoms with van der Waals surface area (Å²) >= 11 is 0. The van der Waals surface area contributed by atoms with Gasteiger partial charge in [-0.2, -0.15) is 13.8 Å². The molecule has 2 aliphatic carbocycles. The van der Waals surface area contributed by atoms with Crippen LogP contribution >= 0.6 is 0 Å². The number of methoxy groups -OCH3 is 1. The van der Waals surface area contributed by atoms with Crippen molar-refractivity contribution in [1.29, 1.82) is 0 Å². The molecule has 0 spiro atoms. The largest absolute Gasteiger partial charge is 0.481 e. The standard InChI is InChI=1S/C40H51F4N5O9S/c1-7-24(4)48(36(53)54)31-23(3)16-22(2)10-8-9-11-26-19-39(26,35(52)47-59(55,56)38(21-41)14-15-38)46-32(50)29-20-37(5,40(43,44)49(29)34(31)51)58-33-28-13-12-27(42)17-25(28)18-30(45-33)57-6/h9,11-13,17-18,22-24,26,29,31H,7-8,10,14-16,19-21H2,1-6H3,(H,46,50)(H,47,52)(H,53,54)/b11-9-/t22-,23-,24?,26-,29+,31+,37-,39-/m1/s1. The third-order valence-electron chi connectivity index (χ3n) is 12.6. The van der Waals surface area contributed by atoms with Gasteiger partial charge in [0, 0.05) is 29.8 Å². The topological polar surface area (TPSA) is 185 Å². The molecule has 1 unspecified atom stereocenters. The lowest BCUT2D eigenvalue weighted by molar-refractivity contribution is -0.219. The number of fused-ring (bicyclic) bond motifs is 3. The Bertz CT molecular complexity index is 2160. The molecule has 3 fully saturated rings. The van der Waals surface area contributed by atoms with Crippen LogP contribution < -0.4 is 19.5 Å². The molecule has 4 amide bonds. The SMILES string of the molecule is CCC(C)N(C(=O)O)[C@@H]1C(=O)N2[C@@H](C[C@@](C)(Oc3nc(OC)cc4cc(F)ccc34)C2(F)F)C(=O)N[C@]2(C(=O)NS(=O)(=O)C3(CF)CC3)C[C@H]2/C=C\CC[C@@H](C)C[C@H]1C. The van der Waals surface area contributed by atoms with Crippen molar-refractivity contribution in [2.45, 2.75) is 126 Å². The summed E-state index contributed by atoms with van der Waals surface area (Å²) in [7, 11) is -3.33. The lowest BCUT2D eigenvalue weighted by Gasteiger charge is -2.42. The number of pyridine rings is 1. The molecule has 14 nitrogen and oxygen atoms in total. The number of carbonyl (C=O) groups is 4. The van der Waals surface area contributed by atoms with E-state index in [1.165, 1.54) is 26.2 Å². The summed E-state index contributed by atoms with van der Waals surface area (Å²) < 4.78 is 101. The summed E-state index contributed by atoms with van der Waals surface area (Å²) in [4.78, 5) is 61.7. The molecule has 19 heteroatoms. The minimum Gasteiger partial charge on any atom is -0.481 e. The number of sulfonamides is 1. The molecule has 2 saturated carbocycles. The molecular formula is C40H51F4N5O9S. The summed E-state index contributed by atoms with van der Waals surface area (Å²) in [6, 6.07) is -4.31. The summed E-state index contributed by atoms with van der Waals surface area (Å²) in [5.74, 6) is -6.89. The second-order valence-corrected chi connectivity index (χ2v) is 19.0. The zero-order valence-electron chi connectivity index (χ0n) is 33.8. The van der Waals surface area contributed by atoms with Crippen LogP contribution in [0.1, 0.15) is 86.0 Å². The number of aromatic nitrogens is 1. The second-order valence-electron chi connectivity index (χ2n) is 16.9. The number of amides is 4. The van der Waals surface area contributed by atoms with E-state index < -0.39 is 111 Å². The Morgan fingerprint density at radius 2 is 1.86 bits per heavy atom. The number of benzene rings is 1. The van der Waals surface area contributed by atoms with E-state index in [9.17, 15) is 36.7 Å². The first-order valence-corrected chi connectivity index (χ1v) is 21.3. The number of nitrogens with one attached hydrogen (secondary N) is 2. The fraction of sp³-hybridized carbons (Fsp3) is 0.625. The van der Waals surface area contributed by atoms with Crippen LogP contribution in [-0.4, -0.2) is 106 Å². The molecule has 1 aromatic heterocycles. The number of allylic oxidation sites excluding steroid dienone is 1. The van der Waals surface area contributed by atoms with E-state index >= 15 is 13.6 Å². The number of alkyl halides is 3. The van der Waals surface area contributed by atoms with Gasteiger partial charge in [0.05, 0.1) is 7.11 Å². The van der Waals surface area contributed by atoms with Gasteiger partial charge in [-0.15, -0.1) is 0 Å². The predicted octanol–water partition coefficient (Wildman–Crippen LogP) is 5.70. The van der Waals surface area contributed by atoms with Gasteiger partial charge in [-0.3, -0.25) is 28.9 Å². The molecule has 1 aromatic carbocycles. The number of carbonyl (C=O) groups excluding carboxylic acids is 3. The van der Waals surface area contributed by atoms with Gasteiger partial charge in [-0.25, -0.2) is 22.0 Å². The first kappa shape index (κ1) is 43.9. The van der Waals surface area contributed by atoms with Gasteiger partial charge in [0.25, 0.3) is 11.8 Å². The molecule has 1 saturated heterocycles. The maximum absolute atomic E-state index is 17.6. The van der Waals surface area contributed by atoms with E-state index in [1.807, 2.05) is 11.6 Å². The van der Waals surface area contributed by atoms with Crippen molar-refractivity contribution in [3.8, 4) is 11.8 Å². The number of halogens is 4. The Morgan fingerprint density at radius 3 is 2.47 bits per heavy atom. The molecule has 2 aromatic rings. The van der Waals surface area contributed by atoms with E-state index in [1.54, 1.807) is 26.0 Å². The molecule has 324 valence electrons. The van der Waals surface area contributed by atoms with E-state index in [2.05, 4.69) is 10.3 Å². The molecule has 0 bridgehead atoms. The normalized spacial score (nSPS) is 31.4. The van der Waals surface area contributed by atoms with Gasteiger partial charge in [-0.05, 0) is 94.2 Å². The molecule has 3 N–H and O–H groups in total. The highest BCUT2D eigenvalue weighted by Crippen LogP contribution is 2.52. The summed E-state index contributed by atoms with van der Waals surface area (Å²) in [5, 5.41) is 13.3. The Balaban J connectivity index is 1.49. The zero-order chi connectivity index (χ0) is 43.5. The third kappa shape index (κ3) is 7.78. The number of nitrogens with zero attached hydrogens (tertiary/aromatic N) is 3. The van der Waals surface area contributed by atoms with Crippen LogP contribution in [0.3, 0.4) is 0 Å². The monoisotopic (exact) mass is 853 g/mol. The number of hydrogen-bond acceptors (Lipinski definition) is 9. The van der Waals surface area contributed by atoms with E-state index in [-0.39, 0.29) is 59.6 Å². The van der Waals surface area contributed by atoms with Crippen molar-refractivity contribution in [3.63, 3.8) is 0 Å². The first-order valence-electron chi connectivity index (χ1n) is 19.8. The van der Waals surface area contributed by atoms with Crippen molar-refractivity contribution < 1.29 is 59.7 Å². The highest BCUT2D eigenvalue weighted by atomic mass is 32.2. The summed E-state index contributed by atoms with van der Waals surface area (Å²) in [6.07, 6.45) is 2.12. The molecule has 3 heterocycles. The van der Waals surface area contributed by atoms with E-state index in [0.29, 0.717) is 12.8 Å². The molecular weight excluding hydrogens is 803 g/mol. The van der Waals surface area contributed by atoms with Crippen LogP contribution in [-0.2, 0) is 24.4 Å². The summed E-state index contributed by atoms with van der Waals surface area (Å²) in [5.41, 5.74) is -4.78. The molecule has 59 heavy (non-hydrogen) atoms. The molecule has 4 aliphatic rings. The number of rotatable bonds is 10. The lowest BCUT2D eigenvalue weighted by atomic mass is 9.86. The van der Waals surface area contributed by atoms with Crippen molar-refractivity contribution in [2.24, 2.45) is 17.8 Å². The van der Waals surface area contributed by atoms with Crippen LogP contribution in [0, 0.1) is 23.6 Å². The Hall–Kier alpha value is -4.68. The van der Waals surface area contributed by atoms with Gasteiger partial charge >= 0.3 is 12.1 Å². The van der Waals surface area contributed by atoms with Crippen LogP contribution in [0.25, 0.3) is 10.8 Å². The van der Waals surface area contributed by atoms with Crippen LogP contribution in [0.2, 0.25) is 0 Å². The number of ether oxygens (including phenoxy) is 2. The van der Waals surface area contributed by atoms with Crippen molar-refractivity contribution in [2.75, 3.05) is 13.8 Å². The Labute approximate surface area is 340 Å². The molecule has 6 rings (SSSR count). The Kier molecular flexibility index (Phi) is 11.7. The maximum Gasteiger partial charge on any atom is 0.408 e. The Morgan fingerprint density at radius 1 is 1.17 bits per heavy atom. The van der Waals surface area contributed by atoms with Crippen LogP contribution in [0.4, 0.5) is 22.4 Å². The minimum absolute atomic E-state index is 0.0199. The van der Waals surface area contributed by atoms with Gasteiger partial charge in [-0.1, -0.05) is 32.9 Å². The van der Waals surface area contributed by atoms with E-state index in [4.69, 9.17) is 9.47 Å². The lowest BCUT2D eigenvalue weighted by Crippen LogP contribution is -2.64. The second kappa shape index (κ2) is 15.7. The first-order chi connectivity index (χ1) is 27.6. The van der Waals surface area contributed by atoms with Crippen LogP contribution in [0.15, 0.2) is 36.4 Å². The number of carboxylic acid groups (broad SMARTS) is 1. The highest BCUT2D eigenvalue weighted by Gasteiger charge is 2.71. The average Bonchev–Trinajstić information content (AvgIpc) is 4.08. The summed E-state index contributed by atoms with van der Waals surface area (Å²) in [6.45, 7) is 6.38.